The van der Waals surface area contributed by atoms with Gasteiger partial charge in [0.15, 0.2) is 6.54 Å². The number of hydrogen-bond donors (Lipinski definition) is 2. The van der Waals surface area contributed by atoms with Gasteiger partial charge in [-0.3, -0.25) is 4.79 Å². The Labute approximate surface area is 119 Å². The van der Waals surface area contributed by atoms with Crippen LogP contribution in [0.1, 0.15) is 31.7 Å². The zero-order valence-corrected chi connectivity index (χ0v) is 12.4. The molecule has 19 heavy (non-hydrogen) atoms. The molecule has 1 aromatic carbocycles. The number of anilines is 1. The number of likely N-dealkylation sites (tertiary alicyclic amines) is 1. The van der Waals surface area contributed by atoms with Crippen molar-refractivity contribution in [1.82, 2.24) is 0 Å². The van der Waals surface area contributed by atoms with Gasteiger partial charge in [-0.1, -0.05) is 17.7 Å². The second kappa shape index (κ2) is 6.40. The molecule has 1 aliphatic heterocycles. The molecule has 2 N–H and O–H groups in total. The molecule has 3 nitrogen and oxygen atoms in total. The molecule has 1 heterocycles. The van der Waals surface area contributed by atoms with Crippen molar-refractivity contribution in [2.45, 2.75) is 39.2 Å². The van der Waals surface area contributed by atoms with Crippen molar-refractivity contribution in [2.24, 2.45) is 0 Å². The molecule has 1 aromatic rings. The number of amides is 1. The molecule has 1 fully saturated rings. The van der Waals surface area contributed by atoms with Crippen molar-refractivity contribution in [3.05, 3.63) is 28.8 Å². The summed E-state index contributed by atoms with van der Waals surface area (Å²) in [7, 11) is 0. The van der Waals surface area contributed by atoms with Gasteiger partial charge in [-0.15, -0.1) is 0 Å². The molecule has 0 bridgehead atoms. The standard InChI is InChI=1S/C15H21ClN2O/c1-11-6-7-13(9-14(11)16)17-15(19)10-18-8-4-3-5-12(18)2/h6-7,9,12H,3-5,8,10H2,1-2H3,(H,17,19)/p+1/t12-/m0/s1. The minimum atomic E-state index is 0.0728. The molecule has 0 radical (unpaired) electrons. The Morgan fingerprint density at radius 2 is 2.26 bits per heavy atom. The third-order valence-electron chi connectivity index (χ3n) is 3.93. The van der Waals surface area contributed by atoms with Gasteiger partial charge in [0.2, 0.25) is 0 Å². The fourth-order valence-corrected chi connectivity index (χ4v) is 2.78. The maximum atomic E-state index is 12.0. The summed E-state index contributed by atoms with van der Waals surface area (Å²) in [5.74, 6) is 0.0728. The van der Waals surface area contributed by atoms with Crippen LogP contribution in [0.2, 0.25) is 5.02 Å². The van der Waals surface area contributed by atoms with Crippen molar-refractivity contribution in [3.8, 4) is 0 Å². The van der Waals surface area contributed by atoms with Gasteiger partial charge in [0.25, 0.3) is 5.91 Å². The number of quaternary nitrogens is 1. The lowest BCUT2D eigenvalue weighted by Crippen LogP contribution is -3.17. The van der Waals surface area contributed by atoms with E-state index < -0.39 is 0 Å². The molecule has 0 aromatic heterocycles. The van der Waals surface area contributed by atoms with Gasteiger partial charge >= 0.3 is 0 Å². The summed E-state index contributed by atoms with van der Waals surface area (Å²) in [6.45, 7) is 5.83. The normalized spacial score (nSPS) is 23.1. The minimum absolute atomic E-state index is 0.0728. The van der Waals surface area contributed by atoms with E-state index in [2.05, 4.69) is 12.2 Å². The van der Waals surface area contributed by atoms with Gasteiger partial charge in [-0.25, -0.2) is 0 Å². The van der Waals surface area contributed by atoms with Crippen LogP contribution < -0.4 is 10.2 Å². The third-order valence-corrected chi connectivity index (χ3v) is 4.33. The molecule has 1 unspecified atom stereocenters. The molecular weight excluding hydrogens is 260 g/mol. The van der Waals surface area contributed by atoms with Crippen LogP contribution in [0.3, 0.4) is 0 Å². The Morgan fingerprint density at radius 3 is 2.95 bits per heavy atom. The summed E-state index contributed by atoms with van der Waals surface area (Å²) in [5, 5.41) is 3.62. The third kappa shape index (κ3) is 3.95. The number of halogens is 1. The van der Waals surface area contributed by atoms with E-state index in [1.807, 2.05) is 25.1 Å². The zero-order chi connectivity index (χ0) is 13.8. The van der Waals surface area contributed by atoms with Crippen LogP contribution in [0, 0.1) is 6.92 Å². The second-order valence-corrected chi connectivity index (χ2v) is 5.90. The zero-order valence-electron chi connectivity index (χ0n) is 11.6. The van der Waals surface area contributed by atoms with Crippen LogP contribution in [0.15, 0.2) is 18.2 Å². The minimum Gasteiger partial charge on any atom is -0.325 e. The first-order valence-electron chi connectivity index (χ1n) is 6.97. The fraction of sp³-hybridized carbons (Fsp3) is 0.533. The van der Waals surface area contributed by atoms with Crippen molar-refractivity contribution in [1.29, 1.82) is 0 Å². The SMILES string of the molecule is Cc1ccc(NC(=O)C[NH+]2CCCC[C@@H]2C)cc1Cl. The maximum Gasteiger partial charge on any atom is 0.279 e. The predicted octanol–water partition coefficient (Wildman–Crippen LogP) is 2.04. The van der Waals surface area contributed by atoms with E-state index in [-0.39, 0.29) is 5.91 Å². The van der Waals surface area contributed by atoms with Crippen LogP contribution in [0.5, 0.6) is 0 Å². The highest BCUT2D eigenvalue weighted by Gasteiger charge is 2.24. The smallest absolute Gasteiger partial charge is 0.279 e. The van der Waals surface area contributed by atoms with Gasteiger partial charge in [-0.05, 0) is 50.8 Å². The molecule has 4 heteroatoms. The molecule has 1 saturated heterocycles. The molecule has 2 rings (SSSR count). The van der Waals surface area contributed by atoms with Crippen LogP contribution >= 0.6 is 11.6 Å². The Kier molecular flexibility index (Phi) is 4.83. The van der Waals surface area contributed by atoms with Crippen molar-refractivity contribution in [3.63, 3.8) is 0 Å². The van der Waals surface area contributed by atoms with Crippen LogP contribution in [-0.4, -0.2) is 25.0 Å². The molecular formula is C15H22ClN2O+. The molecule has 104 valence electrons. The van der Waals surface area contributed by atoms with E-state index in [0.29, 0.717) is 17.6 Å². The van der Waals surface area contributed by atoms with E-state index in [0.717, 1.165) is 17.8 Å². The molecule has 1 aliphatic rings. The van der Waals surface area contributed by atoms with E-state index in [9.17, 15) is 4.79 Å². The number of rotatable bonds is 3. The number of nitrogens with one attached hydrogen (secondary N) is 2. The summed E-state index contributed by atoms with van der Waals surface area (Å²) in [5.41, 5.74) is 1.81. The number of aryl methyl sites for hydroxylation is 1. The topological polar surface area (TPSA) is 33.5 Å². The number of benzene rings is 1. The highest BCUT2D eigenvalue weighted by molar-refractivity contribution is 6.31. The molecule has 0 spiro atoms. The Morgan fingerprint density at radius 1 is 1.47 bits per heavy atom. The summed E-state index contributed by atoms with van der Waals surface area (Å²) in [6, 6.07) is 6.22. The maximum absolute atomic E-state index is 12.0. The monoisotopic (exact) mass is 281 g/mol. The Balaban J connectivity index is 1.91. The summed E-state index contributed by atoms with van der Waals surface area (Å²) >= 11 is 6.06. The largest absolute Gasteiger partial charge is 0.325 e. The molecule has 0 aliphatic carbocycles. The average Bonchev–Trinajstić information content (AvgIpc) is 2.37. The number of carbonyl (C=O) groups is 1. The first-order valence-corrected chi connectivity index (χ1v) is 7.34. The molecule has 1 amide bonds. The lowest BCUT2D eigenvalue weighted by Gasteiger charge is -2.29. The fourth-order valence-electron chi connectivity index (χ4n) is 2.60. The first kappa shape index (κ1) is 14.4. The lowest BCUT2D eigenvalue weighted by atomic mass is 10.0. The van der Waals surface area contributed by atoms with Gasteiger partial charge in [0.1, 0.15) is 0 Å². The van der Waals surface area contributed by atoms with Crippen LogP contribution in [0.25, 0.3) is 0 Å². The van der Waals surface area contributed by atoms with Crippen molar-refractivity contribution < 1.29 is 9.69 Å². The summed E-state index contributed by atoms with van der Waals surface area (Å²) in [4.78, 5) is 13.4. The highest BCUT2D eigenvalue weighted by atomic mass is 35.5. The Hall–Kier alpha value is -1.06. The number of hydrogen-bond acceptors (Lipinski definition) is 1. The van der Waals surface area contributed by atoms with E-state index >= 15 is 0 Å². The van der Waals surface area contributed by atoms with Gasteiger partial charge in [0, 0.05) is 10.7 Å². The second-order valence-electron chi connectivity index (χ2n) is 5.49. The van der Waals surface area contributed by atoms with Crippen LogP contribution in [0.4, 0.5) is 5.69 Å². The predicted molar refractivity (Wildman–Crippen MR) is 78.8 cm³/mol. The van der Waals surface area contributed by atoms with Gasteiger partial charge in [0.05, 0.1) is 12.6 Å². The quantitative estimate of drug-likeness (QED) is 0.873. The van der Waals surface area contributed by atoms with E-state index in [1.54, 1.807) is 0 Å². The van der Waals surface area contributed by atoms with Crippen molar-refractivity contribution in [2.75, 3.05) is 18.4 Å². The number of carbonyl (C=O) groups excluding carboxylic acids is 1. The first-order chi connectivity index (χ1) is 9.06. The van der Waals surface area contributed by atoms with E-state index in [4.69, 9.17) is 11.6 Å². The van der Waals surface area contributed by atoms with Crippen LogP contribution in [-0.2, 0) is 4.79 Å². The van der Waals surface area contributed by atoms with Gasteiger partial charge in [-0.2, -0.15) is 0 Å². The Bertz CT molecular complexity index is 461. The average molecular weight is 282 g/mol. The molecule has 2 atom stereocenters. The van der Waals surface area contributed by atoms with Crippen molar-refractivity contribution >= 4 is 23.2 Å². The molecule has 0 saturated carbocycles. The highest BCUT2D eigenvalue weighted by Crippen LogP contribution is 2.19. The summed E-state index contributed by atoms with van der Waals surface area (Å²) < 4.78 is 0. The number of piperidine rings is 1. The lowest BCUT2D eigenvalue weighted by molar-refractivity contribution is -0.920. The van der Waals surface area contributed by atoms with E-state index in [1.165, 1.54) is 24.2 Å². The van der Waals surface area contributed by atoms with Gasteiger partial charge < -0.3 is 10.2 Å². The summed E-state index contributed by atoms with van der Waals surface area (Å²) in [6.07, 6.45) is 3.74.